The molecule has 26 heavy (non-hydrogen) atoms. The zero-order chi connectivity index (χ0) is 18.1. The SMILES string of the molecule is Cc1cc(C)n(-c2ncc(NC(=O)c3nccc4ccccc34)cn2)n1. The van der Waals surface area contributed by atoms with Crippen LogP contribution in [0.25, 0.3) is 16.7 Å². The van der Waals surface area contributed by atoms with Crippen molar-refractivity contribution in [3.63, 3.8) is 0 Å². The van der Waals surface area contributed by atoms with Crippen molar-refractivity contribution >= 4 is 22.4 Å². The number of pyridine rings is 1. The third kappa shape index (κ3) is 2.90. The molecule has 3 aromatic heterocycles. The van der Waals surface area contributed by atoms with E-state index in [1.54, 1.807) is 23.3 Å². The first-order valence-corrected chi connectivity index (χ1v) is 8.12. The lowest BCUT2D eigenvalue weighted by Gasteiger charge is -2.07. The van der Waals surface area contributed by atoms with Gasteiger partial charge in [-0.1, -0.05) is 24.3 Å². The van der Waals surface area contributed by atoms with Crippen molar-refractivity contribution in [3.8, 4) is 5.95 Å². The first-order valence-electron chi connectivity index (χ1n) is 8.12. The second-order valence-corrected chi connectivity index (χ2v) is 5.95. The van der Waals surface area contributed by atoms with Gasteiger partial charge in [-0.15, -0.1) is 0 Å². The Morgan fingerprint density at radius 2 is 1.81 bits per heavy atom. The van der Waals surface area contributed by atoms with Gasteiger partial charge in [0.25, 0.3) is 11.9 Å². The van der Waals surface area contributed by atoms with Gasteiger partial charge >= 0.3 is 0 Å². The lowest BCUT2D eigenvalue weighted by molar-refractivity contribution is 0.102. The van der Waals surface area contributed by atoms with E-state index in [-0.39, 0.29) is 5.91 Å². The van der Waals surface area contributed by atoms with E-state index in [9.17, 15) is 4.79 Å². The minimum absolute atomic E-state index is 0.302. The summed E-state index contributed by atoms with van der Waals surface area (Å²) in [7, 11) is 0. The number of rotatable bonds is 3. The molecule has 0 aliphatic heterocycles. The van der Waals surface area contributed by atoms with Crippen molar-refractivity contribution in [3.05, 3.63) is 72.1 Å². The molecule has 0 spiro atoms. The Morgan fingerprint density at radius 3 is 2.54 bits per heavy atom. The molecule has 0 fully saturated rings. The second kappa shape index (κ2) is 6.36. The van der Waals surface area contributed by atoms with Gasteiger partial charge in [0.1, 0.15) is 5.69 Å². The largest absolute Gasteiger partial charge is 0.318 e. The van der Waals surface area contributed by atoms with Gasteiger partial charge in [-0.2, -0.15) is 5.10 Å². The van der Waals surface area contributed by atoms with E-state index in [0.717, 1.165) is 22.2 Å². The average molecular weight is 344 g/mol. The smallest absolute Gasteiger partial charge is 0.274 e. The molecule has 1 aromatic carbocycles. The van der Waals surface area contributed by atoms with Crippen LogP contribution in [0.2, 0.25) is 0 Å². The van der Waals surface area contributed by atoms with Crippen molar-refractivity contribution in [2.24, 2.45) is 0 Å². The number of amides is 1. The van der Waals surface area contributed by atoms with Gasteiger partial charge in [0.2, 0.25) is 0 Å². The van der Waals surface area contributed by atoms with E-state index in [2.05, 4.69) is 25.4 Å². The molecule has 4 rings (SSSR count). The zero-order valence-corrected chi connectivity index (χ0v) is 14.3. The van der Waals surface area contributed by atoms with Gasteiger partial charge in [0, 0.05) is 17.3 Å². The monoisotopic (exact) mass is 344 g/mol. The van der Waals surface area contributed by atoms with Crippen LogP contribution in [0, 0.1) is 13.8 Å². The predicted octanol–water partition coefficient (Wildman–Crippen LogP) is 3.08. The molecule has 0 bridgehead atoms. The number of aryl methyl sites for hydroxylation is 2. The summed E-state index contributed by atoms with van der Waals surface area (Å²) in [6.45, 7) is 3.85. The Labute approximate surface area is 149 Å². The number of fused-ring (bicyclic) bond motifs is 1. The Hall–Kier alpha value is -3.61. The molecule has 128 valence electrons. The topological polar surface area (TPSA) is 85.6 Å². The number of benzene rings is 1. The van der Waals surface area contributed by atoms with Crippen molar-refractivity contribution < 1.29 is 4.79 Å². The van der Waals surface area contributed by atoms with Crippen LogP contribution in [-0.4, -0.2) is 30.6 Å². The zero-order valence-electron chi connectivity index (χ0n) is 14.3. The second-order valence-electron chi connectivity index (χ2n) is 5.95. The maximum absolute atomic E-state index is 12.6. The molecule has 7 nitrogen and oxygen atoms in total. The molecule has 4 aromatic rings. The maximum atomic E-state index is 12.6. The molecule has 0 aliphatic rings. The summed E-state index contributed by atoms with van der Waals surface area (Å²) in [6, 6.07) is 11.5. The average Bonchev–Trinajstić information content (AvgIpc) is 3.00. The summed E-state index contributed by atoms with van der Waals surface area (Å²) in [5, 5.41) is 8.90. The Balaban J connectivity index is 1.59. The van der Waals surface area contributed by atoms with E-state index in [0.29, 0.717) is 17.3 Å². The molecule has 0 aliphatic carbocycles. The summed E-state index contributed by atoms with van der Waals surface area (Å²) in [6.07, 6.45) is 4.74. The minimum atomic E-state index is -0.302. The molecular formula is C19H16N6O. The van der Waals surface area contributed by atoms with Gasteiger partial charge in [-0.25, -0.2) is 14.6 Å². The van der Waals surface area contributed by atoms with Crippen LogP contribution in [0.4, 0.5) is 5.69 Å². The van der Waals surface area contributed by atoms with Crippen LogP contribution in [0.5, 0.6) is 0 Å². The first-order chi connectivity index (χ1) is 12.6. The van der Waals surface area contributed by atoms with E-state index in [1.807, 2.05) is 50.2 Å². The van der Waals surface area contributed by atoms with Crippen molar-refractivity contribution in [2.75, 3.05) is 5.32 Å². The van der Waals surface area contributed by atoms with Crippen molar-refractivity contribution in [1.82, 2.24) is 24.7 Å². The standard InChI is InChI=1S/C19H16N6O/c1-12-9-13(2)25(24-12)19-21-10-15(11-22-19)23-18(26)17-16-6-4-3-5-14(16)7-8-20-17/h3-11H,1-2H3,(H,23,26). The highest BCUT2D eigenvalue weighted by atomic mass is 16.1. The molecule has 0 radical (unpaired) electrons. The number of carbonyl (C=O) groups is 1. The van der Waals surface area contributed by atoms with Crippen LogP contribution in [0.3, 0.4) is 0 Å². The fourth-order valence-corrected chi connectivity index (χ4v) is 2.82. The predicted molar refractivity (Wildman–Crippen MR) is 98.3 cm³/mol. The summed E-state index contributed by atoms with van der Waals surface area (Å²) < 4.78 is 1.66. The highest BCUT2D eigenvalue weighted by Gasteiger charge is 2.13. The van der Waals surface area contributed by atoms with Gasteiger partial charge in [-0.05, 0) is 31.4 Å². The molecule has 3 heterocycles. The van der Waals surface area contributed by atoms with E-state index < -0.39 is 0 Å². The molecular weight excluding hydrogens is 328 g/mol. The number of nitrogens with zero attached hydrogens (tertiary/aromatic N) is 5. The number of nitrogens with one attached hydrogen (secondary N) is 1. The number of carbonyl (C=O) groups excluding carboxylic acids is 1. The molecule has 0 atom stereocenters. The Kier molecular flexibility index (Phi) is 3.89. The van der Waals surface area contributed by atoms with E-state index in [4.69, 9.17) is 0 Å². The van der Waals surface area contributed by atoms with E-state index >= 15 is 0 Å². The van der Waals surface area contributed by atoms with Crippen LogP contribution in [0.15, 0.2) is 55.0 Å². The number of anilines is 1. The maximum Gasteiger partial charge on any atom is 0.274 e. The van der Waals surface area contributed by atoms with Crippen molar-refractivity contribution in [2.45, 2.75) is 13.8 Å². The third-order valence-corrected chi connectivity index (χ3v) is 3.98. The lowest BCUT2D eigenvalue weighted by atomic mass is 10.1. The molecule has 1 amide bonds. The Morgan fingerprint density at radius 1 is 1.04 bits per heavy atom. The third-order valence-electron chi connectivity index (χ3n) is 3.98. The normalized spacial score (nSPS) is 10.8. The van der Waals surface area contributed by atoms with Crippen LogP contribution in [0.1, 0.15) is 21.9 Å². The number of hydrogen-bond acceptors (Lipinski definition) is 5. The lowest BCUT2D eigenvalue weighted by Crippen LogP contribution is -2.15. The van der Waals surface area contributed by atoms with Crippen LogP contribution in [-0.2, 0) is 0 Å². The fraction of sp³-hybridized carbons (Fsp3) is 0.105. The van der Waals surface area contributed by atoms with Gasteiger partial charge < -0.3 is 5.32 Å². The molecule has 0 saturated carbocycles. The van der Waals surface area contributed by atoms with Gasteiger partial charge in [0.15, 0.2) is 0 Å². The Bertz CT molecular complexity index is 1100. The summed E-state index contributed by atoms with van der Waals surface area (Å²) >= 11 is 0. The van der Waals surface area contributed by atoms with Gasteiger partial charge in [-0.3, -0.25) is 9.78 Å². The minimum Gasteiger partial charge on any atom is -0.318 e. The highest BCUT2D eigenvalue weighted by molar-refractivity contribution is 6.11. The quantitative estimate of drug-likeness (QED) is 0.617. The van der Waals surface area contributed by atoms with Crippen LogP contribution >= 0.6 is 0 Å². The summed E-state index contributed by atoms with van der Waals surface area (Å²) in [5.74, 6) is 0.154. The first kappa shape index (κ1) is 15.9. The van der Waals surface area contributed by atoms with Crippen molar-refractivity contribution in [1.29, 1.82) is 0 Å². The number of aromatic nitrogens is 5. The van der Waals surface area contributed by atoms with Crippen LogP contribution < -0.4 is 5.32 Å². The summed E-state index contributed by atoms with van der Waals surface area (Å²) in [5.41, 5.74) is 2.70. The molecule has 1 N–H and O–H groups in total. The highest BCUT2D eigenvalue weighted by Crippen LogP contribution is 2.18. The molecule has 0 saturated heterocycles. The fourth-order valence-electron chi connectivity index (χ4n) is 2.82. The van der Waals surface area contributed by atoms with E-state index in [1.165, 1.54) is 0 Å². The molecule has 7 heteroatoms. The van der Waals surface area contributed by atoms with Gasteiger partial charge in [0.05, 0.1) is 23.8 Å². The summed E-state index contributed by atoms with van der Waals surface area (Å²) in [4.78, 5) is 25.4. The number of hydrogen-bond donors (Lipinski definition) is 1. The molecule has 0 unspecified atom stereocenters.